The molecule has 144 valence electrons. The Balaban J connectivity index is 1.41. The van der Waals surface area contributed by atoms with Crippen LogP contribution in [0, 0.1) is 24.0 Å². The van der Waals surface area contributed by atoms with Crippen molar-refractivity contribution in [3.05, 3.63) is 52.9 Å². The number of piperidine rings is 1. The minimum atomic E-state index is -0.818. The Morgan fingerprint density at radius 2 is 2.04 bits per heavy atom. The van der Waals surface area contributed by atoms with Crippen molar-refractivity contribution in [3.63, 3.8) is 0 Å². The number of carbonyl (C=O) groups excluding carboxylic acids is 1. The third kappa shape index (κ3) is 3.74. The molecule has 1 spiro atoms. The molecule has 27 heavy (non-hydrogen) atoms. The van der Waals surface area contributed by atoms with E-state index in [2.05, 4.69) is 10.1 Å². The second-order valence-electron chi connectivity index (χ2n) is 7.86. The van der Waals surface area contributed by atoms with Crippen molar-refractivity contribution in [1.82, 2.24) is 15.0 Å². The number of benzene rings is 1. The van der Waals surface area contributed by atoms with Crippen LogP contribution in [-0.2, 0) is 6.54 Å². The van der Waals surface area contributed by atoms with Crippen molar-refractivity contribution in [2.24, 2.45) is 5.41 Å². The van der Waals surface area contributed by atoms with Crippen LogP contribution in [0.15, 0.2) is 28.8 Å². The number of hydrogen-bond acceptors (Lipinski definition) is 4. The Morgan fingerprint density at radius 3 is 2.78 bits per heavy atom. The lowest BCUT2D eigenvalue weighted by atomic mass is 9.79. The van der Waals surface area contributed by atoms with Crippen LogP contribution in [0.2, 0.25) is 0 Å². The number of amides is 1. The highest BCUT2D eigenvalue weighted by atomic mass is 19.2. The zero-order valence-electron chi connectivity index (χ0n) is 15.4. The maximum absolute atomic E-state index is 13.5. The first kappa shape index (κ1) is 18.1. The van der Waals surface area contributed by atoms with E-state index in [1.165, 1.54) is 12.1 Å². The van der Waals surface area contributed by atoms with Gasteiger partial charge >= 0.3 is 0 Å². The molecule has 2 saturated heterocycles. The number of carbonyl (C=O) groups is 1. The van der Waals surface area contributed by atoms with Crippen molar-refractivity contribution in [2.75, 3.05) is 26.2 Å². The fraction of sp³-hybridized carbons (Fsp3) is 0.500. The van der Waals surface area contributed by atoms with Crippen LogP contribution in [0.3, 0.4) is 0 Å². The van der Waals surface area contributed by atoms with Gasteiger partial charge in [-0.25, -0.2) is 8.78 Å². The van der Waals surface area contributed by atoms with Crippen molar-refractivity contribution < 1.29 is 18.1 Å². The Bertz CT molecular complexity index is 854. The van der Waals surface area contributed by atoms with E-state index in [1.807, 2.05) is 4.90 Å². The first-order valence-corrected chi connectivity index (χ1v) is 9.33. The van der Waals surface area contributed by atoms with Gasteiger partial charge in [-0.2, -0.15) is 0 Å². The summed E-state index contributed by atoms with van der Waals surface area (Å²) in [6.07, 6.45) is 3.06. The summed E-state index contributed by atoms with van der Waals surface area (Å²) >= 11 is 0. The van der Waals surface area contributed by atoms with Crippen LogP contribution in [-0.4, -0.2) is 47.0 Å². The Hall–Kier alpha value is -2.28. The van der Waals surface area contributed by atoms with E-state index < -0.39 is 11.6 Å². The molecule has 2 aliphatic heterocycles. The maximum atomic E-state index is 13.5. The topological polar surface area (TPSA) is 49.6 Å². The summed E-state index contributed by atoms with van der Waals surface area (Å²) in [5.41, 5.74) is 1.19. The van der Waals surface area contributed by atoms with Crippen LogP contribution in [0.5, 0.6) is 0 Å². The summed E-state index contributed by atoms with van der Waals surface area (Å²) in [5, 5.41) is 3.84. The molecular weight excluding hydrogens is 352 g/mol. The monoisotopic (exact) mass is 375 g/mol. The number of aryl methyl sites for hydroxylation is 1. The predicted molar refractivity (Wildman–Crippen MR) is 95.1 cm³/mol. The molecular formula is C20H23F2N3O2. The van der Waals surface area contributed by atoms with Crippen molar-refractivity contribution in [1.29, 1.82) is 0 Å². The number of likely N-dealkylation sites (tertiary alicyclic amines) is 2. The summed E-state index contributed by atoms with van der Waals surface area (Å²) in [5.74, 6) is -1.08. The quantitative estimate of drug-likeness (QED) is 0.825. The molecule has 5 nitrogen and oxygen atoms in total. The molecule has 3 heterocycles. The van der Waals surface area contributed by atoms with Gasteiger partial charge in [-0.1, -0.05) is 11.2 Å². The predicted octanol–water partition coefficient (Wildman–Crippen LogP) is 3.39. The molecule has 2 aromatic rings. The summed E-state index contributed by atoms with van der Waals surface area (Å²) in [6.45, 7) is 5.56. The van der Waals surface area contributed by atoms with E-state index in [4.69, 9.17) is 4.52 Å². The van der Waals surface area contributed by atoms with Gasteiger partial charge in [0.25, 0.3) is 5.91 Å². The SMILES string of the molecule is Cc1cc(C(=O)N2CC[C@]3(CCCN(Cc4ccc(F)c(F)c4)C3)C2)no1. The van der Waals surface area contributed by atoms with Gasteiger partial charge in [-0.15, -0.1) is 0 Å². The summed E-state index contributed by atoms with van der Waals surface area (Å²) in [7, 11) is 0. The van der Waals surface area contributed by atoms with Gasteiger partial charge in [0.1, 0.15) is 5.76 Å². The molecule has 0 bridgehead atoms. The Labute approximate surface area is 156 Å². The maximum Gasteiger partial charge on any atom is 0.276 e. The number of nitrogens with zero attached hydrogens (tertiary/aromatic N) is 3. The average Bonchev–Trinajstić information content (AvgIpc) is 3.25. The number of rotatable bonds is 3. The Morgan fingerprint density at radius 1 is 1.19 bits per heavy atom. The Kier molecular flexibility index (Phi) is 4.72. The normalized spacial score (nSPS) is 23.3. The standard InChI is InChI=1S/C20H23F2N3O2/c1-14-9-18(23-27-14)19(26)25-8-6-20(13-25)5-2-7-24(12-20)11-15-3-4-16(21)17(22)10-15/h3-4,9-10H,2,5-8,11-13H2,1H3/t20-/m0/s1. The molecule has 1 amide bonds. The molecule has 1 atom stereocenters. The van der Waals surface area contributed by atoms with Crippen LogP contribution < -0.4 is 0 Å². The number of aromatic nitrogens is 1. The van der Waals surface area contributed by atoms with Crippen molar-refractivity contribution in [2.45, 2.75) is 32.7 Å². The summed E-state index contributed by atoms with van der Waals surface area (Å²) in [6, 6.07) is 5.76. The molecule has 4 rings (SSSR count). The second kappa shape index (κ2) is 7.03. The average molecular weight is 375 g/mol. The molecule has 1 aromatic heterocycles. The fourth-order valence-corrected chi connectivity index (χ4v) is 4.41. The van der Waals surface area contributed by atoms with Crippen molar-refractivity contribution in [3.8, 4) is 0 Å². The minimum absolute atomic E-state index is 0.0608. The van der Waals surface area contributed by atoms with Crippen molar-refractivity contribution >= 4 is 5.91 Å². The molecule has 2 fully saturated rings. The molecule has 0 radical (unpaired) electrons. The molecule has 0 saturated carbocycles. The van der Waals surface area contributed by atoms with Crippen LogP contribution in [0.25, 0.3) is 0 Å². The second-order valence-corrected chi connectivity index (χ2v) is 7.86. The largest absolute Gasteiger partial charge is 0.361 e. The molecule has 2 aliphatic rings. The third-order valence-electron chi connectivity index (χ3n) is 5.70. The van der Waals surface area contributed by atoms with Crippen LogP contribution >= 0.6 is 0 Å². The smallest absolute Gasteiger partial charge is 0.276 e. The fourth-order valence-electron chi connectivity index (χ4n) is 4.41. The van der Waals surface area contributed by atoms with Crippen LogP contribution in [0.1, 0.15) is 41.1 Å². The van der Waals surface area contributed by atoms with Gasteiger partial charge in [-0.3, -0.25) is 9.69 Å². The van der Waals surface area contributed by atoms with E-state index in [0.717, 1.165) is 37.9 Å². The van der Waals surface area contributed by atoms with E-state index in [9.17, 15) is 13.6 Å². The molecule has 0 unspecified atom stereocenters. The highest BCUT2D eigenvalue weighted by molar-refractivity contribution is 5.92. The first-order valence-electron chi connectivity index (χ1n) is 9.33. The van der Waals surface area contributed by atoms with Gasteiger partial charge in [0, 0.05) is 37.7 Å². The number of halogens is 2. The summed E-state index contributed by atoms with van der Waals surface area (Å²) < 4.78 is 31.6. The zero-order chi connectivity index (χ0) is 19.0. The lowest BCUT2D eigenvalue weighted by Gasteiger charge is -2.40. The lowest BCUT2D eigenvalue weighted by Crippen LogP contribution is -2.45. The molecule has 1 aromatic carbocycles. The van der Waals surface area contributed by atoms with Gasteiger partial charge in [0.05, 0.1) is 0 Å². The van der Waals surface area contributed by atoms with E-state index >= 15 is 0 Å². The molecule has 0 aliphatic carbocycles. The van der Waals surface area contributed by atoms with Gasteiger partial charge < -0.3 is 9.42 Å². The van der Waals surface area contributed by atoms with Gasteiger partial charge in [0.2, 0.25) is 0 Å². The van der Waals surface area contributed by atoms with Crippen LogP contribution in [0.4, 0.5) is 8.78 Å². The third-order valence-corrected chi connectivity index (χ3v) is 5.70. The van der Waals surface area contributed by atoms with Gasteiger partial charge in [-0.05, 0) is 50.4 Å². The van der Waals surface area contributed by atoms with E-state index in [1.54, 1.807) is 19.1 Å². The van der Waals surface area contributed by atoms with E-state index in [-0.39, 0.29) is 11.3 Å². The minimum Gasteiger partial charge on any atom is -0.361 e. The van der Waals surface area contributed by atoms with Gasteiger partial charge in [0.15, 0.2) is 17.3 Å². The zero-order valence-corrected chi connectivity index (χ0v) is 15.4. The lowest BCUT2D eigenvalue weighted by molar-refractivity contribution is 0.0667. The highest BCUT2D eigenvalue weighted by Gasteiger charge is 2.43. The van der Waals surface area contributed by atoms with E-state index in [0.29, 0.717) is 31.1 Å². The first-order chi connectivity index (χ1) is 12.9. The molecule has 0 N–H and O–H groups in total. The molecule has 7 heteroatoms. The summed E-state index contributed by atoms with van der Waals surface area (Å²) in [4.78, 5) is 16.8. The highest BCUT2D eigenvalue weighted by Crippen LogP contribution is 2.39. The number of hydrogen-bond donors (Lipinski definition) is 0.